The van der Waals surface area contributed by atoms with Crippen LogP contribution in [0.5, 0.6) is 11.5 Å². The van der Waals surface area contributed by atoms with Crippen molar-refractivity contribution in [2.45, 2.75) is 0 Å². The third-order valence-corrected chi connectivity index (χ3v) is 4.80. The number of ether oxygens (including phenoxy) is 2. The summed E-state index contributed by atoms with van der Waals surface area (Å²) >= 11 is 0. The zero-order valence-corrected chi connectivity index (χ0v) is 14.5. The van der Waals surface area contributed by atoms with Crippen LogP contribution in [0.1, 0.15) is 10.4 Å². The number of ketones is 1. The molecule has 0 radical (unpaired) electrons. The second-order valence-corrected chi connectivity index (χ2v) is 6.52. The van der Waals surface area contributed by atoms with E-state index in [0.717, 1.165) is 31.9 Å². The van der Waals surface area contributed by atoms with Crippen LogP contribution in [0, 0.1) is 5.82 Å². The zero-order valence-electron chi connectivity index (χ0n) is 14.5. The van der Waals surface area contributed by atoms with Crippen molar-refractivity contribution in [3.05, 3.63) is 53.8 Å². The van der Waals surface area contributed by atoms with E-state index >= 15 is 0 Å². The Kier molecular flexibility index (Phi) is 4.75. The largest absolute Gasteiger partial charge is 0.486 e. The number of hydrogen-bond donors (Lipinski definition) is 0. The van der Waals surface area contributed by atoms with E-state index in [-0.39, 0.29) is 11.6 Å². The molecule has 1 saturated heterocycles. The molecule has 0 amide bonds. The van der Waals surface area contributed by atoms with Gasteiger partial charge in [-0.1, -0.05) is 0 Å². The van der Waals surface area contributed by atoms with Gasteiger partial charge in [-0.15, -0.1) is 0 Å². The highest BCUT2D eigenvalue weighted by Crippen LogP contribution is 2.31. The van der Waals surface area contributed by atoms with E-state index in [9.17, 15) is 9.18 Å². The predicted molar refractivity (Wildman–Crippen MR) is 96.8 cm³/mol. The standard InChI is InChI=1S/C20H21FN2O3/c21-16-2-4-17(5-3-16)23-9-7-22(8-10-23)14-18(24)15-1-6-19-20(13-15)26-12-11-25-19/h1-6,13H,7-12,14H2. The topological polar surface area (TPSA) is 42.0 Å². The first kappa shape index (κ1) is 16.8. The van der Waals surface area contributed by atoms with Crippen molar-refractivity contribution in [3.8, 4) is 11.5 Å². The molecule has 1 fully saturated rings. The fraction of sp³-hybridized carbons (Fsp3) is 0.350. The van der Waals surface area contributed by atoms with Gasteiger partial charge in [0.25, 0.3) is 0 Å². The molecule has 2 heterocycles. The highest BCUT2D eigenvalue weighted by atomic mass is 19.1. The van der Waals surface area contributed by atoms with Gasteiger partial charge < -0.3 is 14.4 Å². The smallest absolute Gasteiger partial charge is 0.176 e. The van der Waals surface area contributed by atoms with E-state index < -0.39 is 0 Å². The second-order valence-electron chi connectivity index (χ2n) is 6.52. The Morgan fingerprint density at radius 1 is 0.923 bits per heavy atom. The first-order valence-corrected chi connectivity index (χ1v) is 8.85. The summed E-state index contributed by atoms with van der Waals surface area (Å²) in [5, 5.41) is 0. The molecular weight excluding hydrogens is 335 g/mol. The average Bonchev–Trinajstić information content (AvgIpc) is 2.69. The number of halogens is 1. The lowest BCUT2D eigenvalue weighted by molar-refractivity contribution is 0.0925. The van der Waals surface area contributed by atoms with Crippen molar-refractivity contribution in [3.63, 3.8) is 0 Å². The lowest BCUT2D eigenvalue weighted by atomic mass is 10.1. The molecule has 0 bridgehead atoms. The number of benzene rings is 2. The van der Waals surface area contributed by atoms with Crippen LogP contribution in [0.25, 0.3) is 0 Å². The van der Waals surface area contributed by atoms with Gasteiger partial charge in [0.1, 0.15) is 19.0 Å². The molecule has 2 aromatic carbocycles. The molecule has 0 aliphatic carbocycles. The van der Waals surface area contributed by atoms with E-state index in [1.807, 2.05) is 0 Å². The Balaban J connectivity index is 1.34. The van der Waals surface area contributed by atoms with Crippen molar-refractivity contribution >= 4 is 11.5 Å². The number of piperazine rings is 1. The lowest BCUT2D eigenvalue weighted by Crippen LogP contribution is -2.48. The van der Waals surface area contributed by atoms with Crippen LogP contribution in [0.2, 0.25) is 0 Å². The number of anilines is 1. The van der Waals surface area contributed by atoms with E-state index in [1.165, 1.54) is 12.1 Å². The van der Waals surface area contributed by atoms with Gasteiger partial charge in [-0.2, -0.15) is 0 Å². The molecule has 2 aliphatic rings. The van der Waals surface area contributed by atoms with E-state index in [1.54, 1.807) is 30.3 Å². The average molecular weight is 356 g/mol. The minimum Gasteiger partial charge on any atom is -0.486 e. The number of fused-ring (bicyclic) bond motifs is 1. The third-order valence-electron chi connectivity index (χ3n) is 4.80. The maximum atomic E-state index is 13.0. The maximum Gasteiger partial charge on any atom is 0.176 e. The number of carbonyl (C=O) groups excluding carboxylic acids is 1. The molecule has 2 aliphatic heterocycles. The van der Waals surface area contributed by atoms with Crippen LogP contribution in [0.3, 0.4) is 0 Å². The SMILES string of the molecule is O=C(CN1CCN(c2ccc(F)cc2)CC1)c1ccc2c(c1)OCCO2. The van der Waals surface area contributed by atoms with E-state index in [2.05, 4.69) is 9.80 Å². The van der Waals surface area contributed by atoms with Crippen LogP contribution < -0.4 is 14.4 Å². The van der Waals surface area contributed by atoms with Crippen LogP contribution in [-0.4, -0.2) is 56.6 Å². The Bertz CT molecular complexity index is 786. The summed E-state index contributed by atoms with van der Waals surface area (Å²) in [6.07, 6.45) is 0. The van der Waals surface area contributed by atoms with Crippen LogP contribution in [0.4, 0.5) is 10.1 Å². The summed E-state index contributed by atoms with van der Waals surface area (Å²) in [6, 6.07) is 11.9. The predicted octanol–water partition coefficient (Wildman–Crippen LogP) is 2.60. The molecule has 0 N–H and O–H groups in total. The molecule has 0 atom stereocenters. The van der Waals surface area contributed by atoms with Crippen molar-refractivity contribution in [1.29, 1.82) is 0 Å². The summed E-state index contributed by atoms with van der Waals surface area (Å²) < 4.78 is 24.1. The van der Waals surface area contributed by atoms with Gasteiger partial charge >= 0.3 is 0 Å². The molecule has 2 aromatic rings. The van der Waals surface area contributed by atoms with Crippen LogP contribution >= 0.6 is 0 Å². The summed E-state index contributed by atoms with van der Waals surface area (Å²) in [5.74, 6) is 1.19. The molecule has 4 rings (SSSR count). The van der Waals surface area contributed by atoms with Crippen molar-refractivity contribution < 1.29 is 18.7 Å². The van der Waals surface area contributed by atoms with Gasteiger partial charge in [-0.25, -0.2) is 4.39 Å². The number of nitrogens with zero attached hydrogens (tertiary/aromatic N) is 2. The summed E-state index contributed by atoms with van der Waals surface area (Å²) in [6.45, 7) is 4.67. The third kappa shape index (κ3) is 3.65. The fourth-order valence-corrected chi connectivity index (χ4v) is 3.33. The Labute approximate surface area is 151 Å². The molecule has 6 heteroatoms. The van der Waals surface area contributed by atoms with Crippen molar-refractivity contribution in [2.75, 3.05) is 50.8 Å². The van der Waals surface area contributed by atoms with Gasteiger partial charge in [0.2, 0.25) is 0 Å². The van der Waals surface area contributed by atoms with Gasteiger partial charge in [0, 0.05) is 37.4 Å². The summed E-state index contributed by atoms with van der Waals surface area (Å²) in [5.41, 5.74) is 1.67. The van der Waals surface area contributed by atoms with Crippen molar-refractivity contribution in [2.24, 2.45) is 0 Å². The van der Waals surface area contributed by atoms with E-state index in [4.69, 9.17) is 9.47 Å². The summed E-state index contributed by atoms with van der Waals surface area (Å²) in [4.78, 5) is 17.0. The molecule has 0 spiro atoms. The minimum absolute atomic E-state index is 0.0807. The normalized spacial score (nSPS) is 17.2. The van der Waals surface area contributed by atoms with Crippen molar-refractivity contribution in [1.82, 2.24) is 4.90 Å². The highest BCUT2D eigenvalue weighted by molar-refractivity contribution is 5.98. The van der Waals surface area contributed by atoms with Crippen LogP contribution in [0.15, 0.2) is 42.5 Å². The molecule has 0 unspecified atom stereocenters. The molecule has 5 nitrogen and oxygen atoms in total. The quantitative estimate of drug-likeness (QED) is 0.788. The Hall–Kier alpha value is -2.60. The molecule has 26 heavy (non-hydrogen) atoms. The van der Waals surface area contributed by atoms with Gasteiger partial charge in [0.15, 0.2) is 17.3 Å². The fourth-order valence-electron chi connectivity index (χ4n) is 3.33. The van der Waals surface area contributed by atoms with Crippen LogP contribution in [-0.2, 0) is 0 Å². The number of Topliss-reactive ketones (excluding diaryl/α,β-unsaturated/α-hetero) is 1. The van der Waals surface area contributed by atoms with E-state index in [0.29, 0.717) is 36.8 Å². The molecular formula is C20H21FN2O3. The number of rotatable bonds is 4. The Morgan fingerprint density at radius 2 is 1.62 bits per heavy atom. The second kappa shape index (κ2) is 7.33. The first-order valence-electron chi connectivity index (χ1n) is 8.85. The van der Waals surface area contributed by atoms with Gasteiger partial charge in [-0.05, 0) is 42.5 Å². The maximum absolute atomic E-state index is 13.0. The molecule has 136 valence electrons. The molecule has 0 aromatic heterocycles. The number of hydrogen-bond acceptors (Lipinski definition) is 5. The number of carbonyl (C=O) groups is 1. The van der Waals surface area contributed by atoms with Gasteiger partial charge in [0.05, 0.1) is 6.54 Å². The summed E-state index contributed by atoms with van der Waals surface area (Å²) in [7, 11) is 0. The zero-order chi connectivity index (χ0) is 17.9. The van der Waals surface area contributed by atoms with Gasteiger partial charge in [-0.3, -0.25) is 9.69 Å². The molecule has 0 saturated carbocycles. The highest BCUT2D eigenvalue weighted by Gasteiger charge is 2.21. The first-order chi connectivity index (χ1) is 12.7. The Morgan fingerprint density at radius 3 is 2.35 bits per heavy atom. The minimum atomic E-state index is -0.225. The monoisotopic (exact) mass is 356 g/mol. The lowest BCUT2D eigenvalue weighted by Gasteiger charge is -2.35.